The number of guanidine groups is 1. The molecule has 7 nitrogen and oxygen atoms in total. The predicted molar refractivity (Wildman–Crippen MR) is 111 cm³/mol. The van der Waals surface area contributed by atoms with Crippen molar-refractivity contribution in [2.75, 3.05) is 13.1 Å². The highest BCUT2D eigenvalue weighted by Gasteiger charge is 2.20. The van der Waals surface area contributed by atoms with E-state index in [0.29, 0.717) is 17.0 Å². The summed E-state index contributed by atoms with van der Waals surface area (Å²) in [6.07, 6.45) is 4.21. The van der Waals surface area contributed by atoms with Crippen molar-refractivity contribution >= 4 is 33.1 Å². The lowest BCUT2D eigenvalue weighted by Gasteiger charge is -2.12. The van der Waals surface area contributed by atoms with E-state index in [9.17, 15) is 8.42 Å². The fourth-order valence-electron chi connectivity index (χ4n) is 3.07. The average molecular weight is 395 g/mol. The Morgan fingerprint density at radius 2 is 1.96 bits per heavy atom. The summed E-state index contributed by atoms with van der Waals surface area (Å²) in [5, 5.41) is 8.15. The molecule has 28 heavy (non-hydrogen) atoms. The fraction of sp³-hybridized carbons (Fsp3) is 0.200. The number of nitrogens with one attached hydrogen (secondary N) is 2. The number of aromatic nitrogens is 1. The van der Waals surface area contributed by atoms with Gasteiger partial charge in [0, 0.05) is 30.2 Å². The molecule has 4 rings (SSSR count). The first-order valence-corrected chi connectivity index (χ1v) is 10.5. The average Bonchev–Trinajstić information content (AvgIpc) is 3.09. The van der Waals surface area contributed by atoms with Gasteiger partial charge in [0.25, 0.3) is 10.0 Å². The maximum Gasteiger partial charge on any atom is 0.268 e. The quantitative estimate of drug-likeness (QED) is 0.525. The van der Waals surface area contributed by atoms with Crippen LogP contribution in [-0.2, 0) is 10.0 Å². The molecule has 144 valence electrons. The van der Waals surface area contributed by atoms with Crippen LogP contribution in [0.2, 0.25) is 0 Å². The van der Waals surface area contributed by atoms with Gasteiger partial charge in [-0.05, 0) is 31.5 Å². The molecule has 2 aromatic carbocycles. The molecule has 2 heterocycles. The zero-order valence-electron chi connectivity index (χ0n) is 15.5. The molecule has 0 unspecified atom stereocenters. The molecular weight excluding hydrogens is 374 g/mol. The van der Waals surface area contributed by atoms with Crippen LogP contribution in [0.25, 0.3) is 10.9 Å². The van der Waals surface area contributed by atoms with Crippen molar-refractivity contribution < 1.29 is 8.42 Å². The Labute approximate surface area is 163 Å². The van der Waals surface area contributed by atoms with Gasteiger partial charge >= 0.3 is 0 Å². The molecule has 1 aliphatic heterocycles. The van der Waals surface area contributed by atoms with Gasteiger partial charge in [0.2, 0.25) is 5.96 Å². The molecule has 0 saturated heterocycles. The highest BCUT2D eigenvalue weighted by atomic mass is 32.2. The summed E-state index contributed by atoms with van der Waals surface area (Å²) in [7, 11) is -3.71. The van der Waals surface area contributed by atoms with E-state index in [0.717, 1.165) is 30.5 Å². The van der Waals surface area contributed by atoms with Gasteiger partial charge < -0.3 is 5.32 Å². The SMILES string of the molecule is Cc1ccc(S(=O)(=O)n2cc(C=NNC3=NCCCN3)c3ccccc32)cc1. The van der Waals surface area contributed by atoms with Crippen LogP contribution in [0.1, 0.15) is 17.5 Å². The van der Waals surface area contributed by atoms with Gasteiger partial charge in [0.1, 0.15) is 0 Å². The Balaban J connectivity index is 1.72. The van der Waals surface area contributed by atoms with Crippen LogP contribution in [-0.4, -0.2) is 37.7 Å². The van der Waals surface area contributed by atoms with E-state index in [-0.39, 0.29) is 4.90 Å². The van der Waals surface area contributed by atoms with E-state index in [2.05, 4.69) is 20.8 Å². The third kappa shape index (κ3) is 3.50. The Morgan fingerprint density at radius 1 is 1.18 bits per heavy atom. The van der Waals surface area contributed by atoms with Gasteiger partial charge in [0.05, 0.1) is 16.6 Å². The second kappa shape index (κ2) is 7.47. The van der Waals surface area contributed by atoms with Crippen LogP contribution >= 0.6 is 0 Å². The molecule has 8 heteroatoms. The Hall–Kier alpha value is -3.13. The zero-order valence-corrected chi connectivity index (χ0v) is 16.3. The fourth-order valence-corrected chi connectivity index (χ4v) is 4.45. The van der Waals surface area contributed by atoms with E-state index in [1.165, 1.54) is 3.97 Å². The standard InChI is InChI=1S/C20H21N5O2S/c1-15-7-9-17(10-8-15)28(26,27)25-14-16(18-5-2-3-6-19(18)25)13-23-24-20-21-11-4-12-22-20/h2-3,5-10,13-14H,4,11-12H2,1H3,(H2,21,22,24). The Kier molecular flexibility index (Phi) is 4.87. The van der Waals surface area contributed by atoms with Gasteiger partial charge in [-0.3, -0.25) is 4.99 Å². The second-order valence-corrected chi connectivity index (χ2v) is 8.41. The summed E-state index contributed by atoms with van der Waals surface area (Å²) in [4.78, 5) is 4.54. The van der Waals surface area contributed by atoms with Gasteiger partial charge in [-0.15, -0.1) is 0 Å². The number of aliphatic imine (C=N–C) groups is 1. The van der Waals surface area contributed by atoms with Crippen LogP contribution < -0.4 is 10.7 Å². The molecule has 2 N–H and O–H groups in total. The number of para-hydroxylation sites is 1. The van der Waals surface area contributed by atoms with Gasteiger partial charge in [-0.25, -0.2) is 17.8 Å². The summed E-state index contributed by atoms with van der Waals surface area (Å²) in [6.45, 7) is 3.54. The molecule has 1 aliphatic rings. The lowest BCUT2D eigenvalue weighted by Crippen LogP contribution is -2.38. The number of nitrogens with zero attached hydrogens (tertiary/aromatic N) is 3. The minimum atomic E-state index is -3.71. The van der Waals surface area contributed by atoms with Crippen LogP contribution in [0.5, 0.6) is 0 Å². The molecule has 0 spiro atoms. The molecule has 3 aromatic rings. The summed E-state index contributed by atoms with van der Waals surface area (Å²) >= 11 is 0. The largest absolute Gasteiger partial charge is 0.355 e. The zero-order chi connectivity index (χ0) is 19.6. The highest BCUT2D eigenvalue weighted by molar-refractivity contribution is 7.90. The highest BCUT2D eigenvalue weighted by Crippen LogP contribution is 2.25. The Bertz CT molecular complexity index is 1160. The van der Waals surface area contributed by atoms with E-state index in [1.54, 1.807) is 42.7 Å². The lowest BCUT2D eigenvalue weighted by molar-refractivity contribution is 0.589. The number of fused-ring (bicyclic) bond motifs is 1. The topological polar surface area (TPSA) is 87.8 Å². The van der Waals surface area contributed by atoms with E-state index in [1.807, 2.05) is 25.1 Å². The van der Waals surface area contributed by atoms with E-state index in [4.69, 9.17) is 0 Å². The first-order chi connectivity index (χ1) is 13.6. The van der Waals surface area contributed by atoms with Gasteiger partial charge in [-0.2, -0.15) is 5.10 Å². The van der Waals surface area contributed by atoms with Crippen molar-refractivity contribution in [1.82, 2.24) is 14.7 Å². The molecular formula is C20H21N5O2S. The maximum absolute atomic E-state index is 13.2. The summed E-state index contributed by atoms with van der Waals surface area (Å²) in [5.41, 5.74) is 5.19. The molecule has 0 saturated carbocycles. The third-order valence-electron chi connectivity index (χ3n) is 4.56. The van der Waals surface area contributed by atoms with Crippen molar-refractivity contribution in [3.05, 3.63) is 65.9 Å². The summed E-state index contributed by atoms with van der Waals surface area (Å²) in [6, 6.07) is 14.2. The predicted octanol–water partition coefficient (Wildman–Crippen LogP) is 2.46. The molecule has 0 aliphatic carbocycles. The van der Waals surface area contributed by atoms with Gasteiger partial charge in [-0.1, -0.05) is 35.9 Å². The monoisotopic (exact) mass is 395 g/mol. The number of hydrazone groups is 1. The molecule has 0 radical (unpaired) electrons. The third-order valence-corrected chi connectivity index (χ3v) is 6.25. The van der Waals surface area contributed by atoms with Crippen LogP contribution in [0.4, 0.5) is 0 Å². The minimum absolute atomic E-state index is 0.251. The van der Waals surface area contributed by atoms with Crippen molar-refractivity contribution in [3.8, 4) is 0 Å². The van der Waals surface area contributed by atoms with E-state index >= 15 is 0 Å². The smallest absolute Gasteiger partial charge is 0.268 e. The molecule has 1 aromatic heterocycles. The molecule has 0 fully saturated rings. The Morgan fingerprint density at radius 3 is 2.71 bits per heavy atom. The molecule has 0 bridgehead atoms. The van der Waals surface area contributed by atoms with E-state index < -0.39 is 10.0 Å². The number of aryl methyl sites for hydroxylation is 1. The minimum Gasteiger partial charge on any atom is -0.355 e. The lowest BCUT2D eigenvalue weighted by atomic mass is 10.2. The number of hydrogen-bond donors (Lipinski definition) is 2. The van der Waals surface area contributed by atoms with Crippen LogP contribution in [0.15, 0.2) is 69.7 Å². The van der Waals surface area contributed by atoms with Crippen molar-refractivity contribution in [2.24, 2.45) is 10.1 Å². The number of hydrogen-bond acceptors (Lipinski definition) is 6. The van der Waals surface area contributed by atoms with Crippen molar-refractivity contribution in [1.29, 1.82) is 0 Å². The first-order valence-electron chi connectivity index (χ1n) is 9.05. The molecule has 0 amide bonds. The van der Waals surface area contributed by atoms with Crippen LogP contribution in [0, 0.1) is 6.92 Å². The van der Waals surface area contributed by atoms with Crippen molar-refractivity contribution in [3.63, 3.8) is 0 Å². The number of benzene rings is 2. The summed E-state index contributed by atoms with van der Waals surface area (Å²) < 4.78 is 27.6. The molecule has 0 atom stereocenters. The normalized spacial score (nSPS) is 14.8. The van der Waals surface area contributed by atoms with Gasteiger partial charge in [0.15, 0.2) is 0 Å². The second-order valence-electron chi connectivity index (χ2n) is 6.60. The summed E-state index contributed by atoms with van der Waals surface area (Å²) in [5.74, 6) is 0.624. The number of rotatable bonds is 4. The first kappa shape index (κ1) is 18.2. The van der Waals surface area contributed by atoms with Crippen LogP contribution in [0.3, 0.4) is 0 Å². The maximum atomic E-state index is 13.2. The van der Waals surface area contributed by atoms with Crippen molar-refractivity contribution in [2.45, 2.75) is 18.2 Å².